The zero-order valence-electron chi connectivity index (χ0n) is 10.9. The fourth-order valence-electron chi connectivity index (χ4n) is 2.66. The fourth-order valence-corrected chi connectivity index (χ4v) is 2.66. The fraction of sp³-hybridized carbons (Fsp3) is 0.533. The minimum atomic E-state index is 0.250. The van der Waals surface area contributed by atoms with Crippen molar-refractivity contribution in [2.24, 2.45) is 5.92 Å². The number of ether oxygens (including phenoxy) is 1. The van der Waals surface area contributed by atoms with Gasteiger partial charge in [0.15, 0.2) is 0 Å². The van der Waals surface area contributed by atoms with Crippen molar-refractivity contribution >= 4 is 5.69 Å². The lowest BCUT2D eigenvalue weighted by molar-refractivity contribution is 0.0911. The number of anilines is 1. The van der Waals surface area contributed by atoms with Crippen molar-refractivity contribution in [3.63, 3.8) is 0 Å². The van der Waals surface area contributed by atoms with E-state index in [4.69, 9.17) is 15.7 Å². The second-order valence-corrected chi connectivity index (χ2v) is 4.97. The highest BCUT2D eigenvalue weighted by Crippen LogP contribution is 2.32. The minimum absolute atomic E-state index is 0.250. The van der Waals surface area contributed by atoms with Crippen LogP contribution in [-0.2, 0) is 0 Å². The molecular weight excluding hydrogens is 224 g/mol. The predicted molar refractivity (Wildman–Crippen MR) is 72.2 cm³/mol. The molecule has 1 fully saturated rings. The molecule has 2 atom stereocenters. The molecule has 1 aromatic rings. The molecule has 2 unspecified atom stereocenters. The molecule has 1 aromatic carbocycles. The van der Waals surface area contributed by atoms with E-state index in [2.05, 4.69) is 13.0 Å². The van der Waals surface area contributed by atoms with Crippen molar-refractivity contribution in [2.75, 3.05) is 5.73 Å². The first-order chi connectivity index (χ1) is 8.74. The SMILES string of the molecule is CCC1CCCCC1Oc1cc(C#N)ccc1N. The maximum absolute atomic E-state index is 8.91. The molecule has 1 aliphatic rings. The molecule has 3 heteroatoms. The van der Waals surface area contributed by atoms with Crippen LogP contribution >= 0.6 is 0 Å². The summed E-state index contributed by atoms with van der Waals surface area (Å²) < 4.78 is 6.06. The van der Waals surface area contributed by atoms with Crippen molar-refractivity contribution in [1.29, 1.82) is 5.26 Å². The Hall–Kier alpha value is -1.69. The van der Waals surface area contributed by atoms with Crippen LogP contribution in [0.5, 0.6) is 5.75 Å². The average molecular weight is 244 g/mol. The Kier molecular flexibility index (Phi) is 4.09. The van der Waals surface area contributed by atoms with Gasteiger partial charge >= 0.3 is 0 Å². The van der Waals surface area contributed by atoms with Gasteiger partial charge in [-0.15, -0.1) is 0 Å². The summed E-state index contributed by atoms with van der Waals surface area (Å²) in [5.74, 6) is 1.28. The molecule has 3 nitrogen and oxygen atoms in total. The molecule has 0 bridgehead atoms. The Morgan fingerprint density at radius 3 is 2.89 bits per heavy atom. The molecule has 0 heterocycles. The van der Waals surface area contributed by atoms with Gasteiger partial charge in [-0.2, -0.15) is 5.26 Å². The van der Waals surface area contributed by atoms with E-state index < -0.39 is 0 Å². The monoisotopic (exact) mass is 244 g/mol. The van der Waals surface area contributed by atoms with Crippen LogP contribution < -0.4 is 10.5 Å². The first-order valence-electron chi connectivity index (χ1n) is 6.71. The molecule has 0 radical (unpaired) electrons. The number of hydrogen-bond donors (Lipinski definition) is 1. The van der Waals surface area contributed by atoms with Gasteiger partial charge in [0.25, 0.3) is 0 Å². The van der Waals surface area contributed by atoms with Gasteiger partial charge in [0.2, 0.25) is 0 Å². The standard InChI is InChI=1S/C15H20N2O/c1-2-12-5-3-4-6-14(12)18-15-9-11(10-16)7-8-13(15)17/h7-9,12,14H,2-6,17H2,1H3. The number of rotatable bonds is 3. The van der Waals surface area contributed by atoms with Crippen molar-refractivity contribution in [3.8, 4) is 11.8 Å². The van der Waals surface area contributed by atoms with E-state index in [1.54, 1.807) is 18.2 Å². The third-order valence-corrected chi connectivity index (χ3v) is 3.78. The third kappa shape index (κ3) is 2.76. The minimum Gasteiger partial charge on any atom is -0.488 e. The van der Waals surface area contributed by atoms with Crippen LogP contribution in [0, 0.1) is 17.2 Å². The average Bonchev–Trinajstić information content (AvgIpc) is 2.42. The molecular formula is C15H20N2O. The van der Waals surface area contributed by atoms with E-state index in [1.165, 1.54) is 19.3 Å². The number of nitrogens with zero attached hydrogens (tertiary/aromatic N) is 1. The van der Waals surface area contributed by atoms with Gasteiger partial charge in [-0.3, -0.25) is 0 Å². The summed E-state index contributed by atoms with van der Waals surface area (Å²) in [6.07, 6.45) is 6.24. The van der Waals surface area contributed by atoms with Crippen LogP contribution in [0.25, 0.3) is 0 Å². The first-order valence-corrected chi connectivity index (χ1v) is 6.71. The summed E-state index contributed by atoms with van der Waals surface area (Å²) in [6.45, 7) is 2.21. The molecule has 96 valence electrons. The zero-order valence-corrected chi connectivity index (χ0v) is 10.9. The molecule has 0 aliphatic heterocycles. The van der Waals surface area contributed by atoms with Gasteiger partial charge < -0.3 is 10.5 Å². The zero-order chi connectivity index (χ0) is 13.0. The van der Waals surface area contributed by atoms with E-state index in [1.807, 2.05) is 0 Å². The third-order valence-electron chi connectivity index (χ3n) is 3.78. The summed E-state index contributed by atoms with van der Waals surface area (Å²) in [6, 6.07) is 7.34. The first kappa shape index (κ1) is 12.8. The molecule has 2 N–H and O–H groups in total. The van der Waals surface area contributed by atoms with Crippen LogP contribution in [0.4, 0.5) is 5.69 Å². The van der Waals surface area contributed by atoms with Gasteiger partial charge in [0.1, 0.15) is 11.9 Å². The van der Waals surface area contributed by atoms with Crippen LogP contribution in [0.2, 0.25) is 0 Å². The van der Waals surface area contributed by atoms with Crippen molar-refractivity contribution in [1.82, 2.24) is 0 Å². The van der Waals surface area contributed by atoms with Gasteiger partial charge in [-0.1, -0.05) is 13.3 Å². The summed E-state index contributed by atoms with van der Waals surface area (Å²) in [4.78, 5) is 0. The number of nitrogen functional groups attached to an aromatic ring is 1. The molecule has 0 spiro atoms. The molecule has 2 rings (SSSR count). The maximum atomic E-state index is 8.91. The van der Waals surface area contributed by atoms with E-state index in [-0.39, 0.29) is 6.10 Å². The second kappa shape index (κ2) is 5.77. The lowest BCUT2D eigenvalue weighted by Crippen LogP contribution is -2.30. The maximum Gasteiger partial charge on any atom is 0.143 e. The Balaban J connectivity index is 2.14. The summed E-state index contributed by atoms with van der Waals surface area (Å²) in [5, 5.41) is 8.91. The molecule has 0 amide bonds. The van der Waals surface area contributed by atoms with Crippen LogP contribution in [0.15, 0.2) is 18.2 Å². The quantitative estimate of drug-likeness (QED) is 0.828. The Morgan fingerprint density at radius 1 is 1.39 bits per heavy atom. The summed E-state index contributed by atoms with van der Waals surface area (Å²) in [7, 11) is 0. The highest BCUT2D eigenvalue weighted by molar-refractivity contribution is 5.56. The number of nitrogens with two attached hydrogens (primary N) is 1. The van der Waals surface area contributed by atoms with Gasteiger partial charge in [-0.05, 0) is 43.7 Å². The second-order valence-electron chi connectivity index (χ2n) is 4.97. The van der Waals surface area contributed by atoms with E-state index in [0.29, 0.717) is 22.9 Å². The van der Waals surface area contributed by atoms with Gasteiger partial charge in [-0.25, -0.2) is 0 Å². The molecule has 1 saturated carbocycles. The van der Waals surface area contributed by atoms with Gasteiger partial charge in [0, 0.05) is 6.07 Å². The highest BCUT2D eigenvalue weighted by Gasteiger charge is 2.25. The van der Waals surface area contributed by atoms with Crippen molar-refractivity contribution in [3.05, 3.63) is 23.8 Å². The number of benzene rings is 1. The van der Waals surface area contributed by atoms with E-state index in [0.717, 1.165) is 12.8 Å². The molecule has 18 heavy (non-hydrogen) atoms. The van der Waals surface area contributed by atoms with Crippen molar-refractivity contribution < 1.29 is 4.74 Å². The molecule has 1 aliphatic carbocycles. The number of hydrogen-bond acceptors (Lipinski definition) is 3. The predicted octanol–water partition coefficient (Wildman–Crippen LogP) is 3.49. The number of nitriles is 1. The smallest absolute Gasteiger partial charge is 0.143 e. The Morgan fingerprint density at radius 2 is 2.17 bits per heavy atom. The van der Waals surface area contributed by atoms with Gasteiger partial charge in [0.05, 0.1) is 17.3 Å². The largest absolute Gasteiger partial charge is 0.488 e. The summed E-state index contributed by atoms with van der Waals surface area (Å²) in [5.41, 5.74) is 7.13. The van der Waals surface area contributed by atoms with Crippen LogP contribution in [0.1, 0.15) is 44.6 Å². The summed E-state index contributed by atoms with van der Waals surface area (Å²) >= 11 is 0. The van der Waals surface area contributed by atoms with E-state index >= 15 is 0 Å². The normalized spacial score (nSPS) is 23.3. The van der Waals surface area contributed by atoms with E-state index in [9.17, 15) is 0 Å². The molecule has 0 aromatic heterocycles. The van der Waals surface area contributed by atoms with Crippen LogP contribution in [0.3, 0.4) is 0 Å². The molecule has 0 saturated heterocycles. The lowest BCUT2D eigenvalue weighted by Gasteiger charge is -2.31. The van der Waals surface area contributed by atoms with Crippen molar-refractivity contribution in [2.45, 2.75) is 45.1 Å². The lowest BCUT2D eigenvalue weighted by atomic mass is 9.85. The van der Waals surface area contributed by atoms with Crippen LogP contribution in [-0.4, -0.2) is 6.10 Å². The highest BCUT2D eigenvalue weighted by atomic mass is 16.5. The topological polar surface area (TPSA) is 59.0 Å². The Bertz CT molecular complexity index is 450. The Labute approximate surface area is 109 Å².